The fraction of sp³-hybridized carbons (Fsp3) is 0.176. The molecule has 6 heteroatoms. The van der Waals surface area contributed by atoms with Crippen molar-refractivity contribution in [3.63, 3.8) is 0 Å². The molecule has 0 radical (unpaired) electrons. The second-order valence-corrected chi connectivity index (χ2v) is 5.14. The molecule has 0 unspecified atom stereocenters. The topological polar surface area (TPSA) is 90.5 Å². The average Bonchev–Trinajstić information content (AvgIpc) is 2.55. The number of rotatable bonds is 5. The summed E-state index contributed by atoms with van der Waals surface area (Å²) < 4.78 is 0. The second kappa shape index (κ2) is 7.95. The van der Waals surface area contributed by atoms with Crippen LogP contribution < -0.4 is 16.1 Å². The van der Waals surface area contributed by atoms with Gasteiger partial charge in [-0.15, -0.1) is 0 Å². The molecule has 0 aliphatic carbocycles. The van der Waals surface area contributed by atoms with Gasteiger partial charge < -0.3 is 10.6 Å². The van der Waals surface area contributed by atoms with Crippen molar-refractivity contribution in [2.24, 2.45) is 0 Å². The van der Waals surface area contributed by atoms with Gasteiger partial charge in [0.25, 0.3) is 5.91 Å². The maximum absolute atomic E-state index is 11.8. The molecule has 0 bridgehead atoms. The Kier molecular flexibility index (Phi) is 5.71. The molecule has 0 saturated heterocycles. The van der Waals surface area contributed by atoms with Gasteiger partial charge in [0.2, 0.25) is 0 Å². The Bertz CT molecular complexity index is 684. The number of urea groups is 1. The quantitative estimate of drug-likeness (QED) is 0.505. The first-order valence-electron chi connectivity index (χ1n) is 7.23. The molecule has 3 amide bonds. The van der Waals surface area contributed by atoms with E-state index >= 15 is 0 Å². The van der Waals surface area contributed by atoms with Crippen molar-refractivity contribution in [2.45, 2.75) is 13.3 Å². The van der Waals surface area contributed by atoms with Gasteiger partial charge in [0.15, 0.2) is 0 Å². The lowest BCUT2D eigenvalue weighted by molar-refractivity contribution is 0.0706. The number of hydrogen-bond donors (Lipinski definition) is 4. The van der Waals surface area contributed by atoms with E-state index in [9.17, 15) is 9.59 Å². The SMILES string of the molecule is Cc1cccc(NC(=O)NCCc2ccc(C(=O)NO)cc2)c1. The maximum atomic E-state index is 11.8. The van der Waals surface area contributed by atoms with Crippen molar-refractivity contribution in [2.75, 3.05) is 11.9 Å². The van der Waals surface area contributed by atoms with Crippen LogP contribution in [0.1, 0.15) is 21.5 Å². The monoisotopic (exact) mass is 313 g/mol. The van der Waals surface area contributed by atoms with Crippen LogP contribution in [0.2, 0.25) is 0 Å². The van der Waals surface area contributed by atoms with E-state index in [0.29, 0.717) is 18.5 Å². The van der Waals surface area contributed by atoms with Gasteiger partial charge >= 0.3 is 6.03 Å². The largest absolute Gasteiger partial charge is 0.338 e. The highest BCUT2D eigenvalue weighted by molar-refractivity contribution is 5.93. The highest BCUT2D eigenvalue weighted by Gasteiger charge is 2.04. The summed E-state index contributed by atoms with van der Waals surface area (Å²) in [6.45, 7) is 2.44. The van der Waals surface area contributed by atoms with Crippen molar-refractivity contribution in [1.82, 2.24) is 10.8 Å². The number of aryl methyl sites for hydroxylation is 1. The summed E-state index contributed by atoms with van der Waals surface area (Å²) in [4.78, 5) is 23.0. The number of hydroxylamine groups is 1. The first-order valence-corrected chi connectivity index (χ1v) is 7.23. The van der Waals surface area contributed by atoms with Crippen molar-refractivity contribution < 1.29 is 14.8 Å². The molecule has 120 valence electrons. The number of amides is 3. The highest BCUT2D eigenvalue weighted by Crippen LogP contribution is 2.09. The predicted octanol–water partition coefficient (Wildman–Crippen LogP) is 2.48. The van der Waals surface area contributed by atoms with Crippen molar-refractivity contribution in [1.29, 1.82) is 0 Å². The van der Waals surface area contributed by atoms with Crippen LogP contribution in [0, 0.1) is 6.92 Å². The smallest absolute Gasteiger partial charge is 0.319 e. The van der Waals surface area contributed by atoms with Gasteiger partial charge in [0, 0.05) is 17.8 Å². The third-order valence-corrected chi connectivity index (χ3v) is 3.29. The third-order valence-electron chi connectivity index (χ3n) is 3.29. The molecule has 2 rings (SSSR count). The first-order chi connectivity index (χ1) is 11.1. The fourth-order valence-electron chi connectivity index (χ4n) is 2.11. The molecule has 2 aromatic rings. The van der Waals surface area contributed by atoms with Gasteiger partial charge in [-0.3, -0.25) is 10.0 Å². The molecular weight excluding hydrogens is 294 g/mol. The Hall–Kier alpha value is -2.86. The van der Waals surface area contributed by atoms with Gasteiger partial charge in [0.1, 0.15) is 0 Å². The molecule has 0 atom stereocenters. The van der Waals surface area contributed by atoms with Gasteiger partial charge in [0.05, 0.1) is 0 Å². The Labute approximate surface area is 134 Å². The lowest BCUT2D eigenvalue weighted by Gasteiger charge is -2.08. The Morgan fingerprint density at radius 1 is 1.09 bits per heavy atom. The summed E-state index contributed by atoms with van der Waals surface area (Å²) in [6.07, 6.45) is 0.641. The number of nitrogens with one attached hydrogen (secondary N) is 3. The fourth-order valence-corrected chi connectivity index (χ4v) is 2.11. The predicted molar refractivity (Wildman–Crippen MR) is 87.6 cm³/mol. The number of anilines is 1. The molecule has 6 nitrogen and oxygen atoms in total. The van der Waals surface area contributed by atoms with Gasteiger partial charge in [-0.1, -0.05) is 24.3 Å². The summed E-state index contributed by atoms with van der Waals surface area (Å²) in [5, 5.41) is 14.1. The van der Waals surface area contributed by atoms with Crippen LogP contribution in [-0.2, 0) is 6.42 Å². The van der Waals surface area contributed by atoms with E-state index in [1.165, 1.54) is 0 Å². The van der Waals surface area contributed by atoms with Crippen LogP contribution in [0.4, 0.5) is 10.5 Å². The molecule has 0 aliphatic rings. The molecule has 0 aliphatic heterocycles. The lowest BCUT2D eigenvalue weighted by atomic mass is 10.1. The number of carbonyl (C=O) groups is 2. The van der Waals surface area contributed by atoms with Gasteiger partial charge in [-0.25, -0.2) is 10.3 Å². The summed E-state index contributed by atoms with van der Waals surface area (Å²) in [5.74, 6) is -0.549. The standard InChI is InChI=1S/C17H19N3O3/c1-12-3-2-4-15(11-12)19-17(22)18-10-9-13-5-7-14(8-6-13)16(21)20-23/h2-8,11,23H,9-10H2,1H3,(H,20,21)(H2,18,19,22). The molecule has 0 saturated carbocycles. The minimum absolute atomic E-state index is 0.258. The summed E-state index contributed by atoms with van der Waals surface area (Å²) in [6, 6.07) is 14.1. The molecule has 0 aromatic heterocycles. The van der Waals surface area contributed by atoms with Gasteiger partial charge in [-0.2, -0.15) is 0 Å². The Balaban J connectivity index is 1.78. The molecule has 0 heterocycles. The lowest BCUT2D eigenvalue weighted by Crippen LogP contribution is -2.30. The van der Waals surface area contributed by atoms with Crippen LogP contribution in [-0.4, -0.2) is 23.7 Å². The van der Waals surface area contributed by atoms with Crippen LogP contribution in [0.5, 0.6) is 0 Å². The second-order valence-electron chi connectivity index (χ2n) is 5.14. The normalized spacial score (nSPS) is 10.0. The number of carbonyl (C=O) groups excluding carboxylic acids is 2. The molecule has 4 N–H and O–H groups in total. The number of benzene rings is 2. The van der Waals surface area contributed by atoms with E-state index in [-0.39, 0.29) is 6.03 Å². The number of hydrogen-bond acceptors (Lipinski definition) is 3. The van der Waals surface area contributed by atoms with Crippen molar-refractivity contribution >= 4 is 17.6 Å². The van der Waals surface area contributed by atoms with Crippen LogP contribution in [0.15, 0.2) is 48.5 Å². The molecule has 0 spiro atoms. The zero-order valence-electron chi connectivity index (χ0n) is 12.8. The van der Waals surface area contributed by atoms with Gasteiger partial charge in [-0.05, 0) is 48.7 Å². The summed E-state index contributed by atoms with van der Waals surface area (Å²) >= 11 is 0. The molecule has 23 heavy (non-hydrogen) atoms. The Morgan fingerprint density at radius 3 is 2.48 bits per heavy atom. The Morgan fingerprint density at radius 2 is 1.83 bits per heavy atom. The van der Waals surface area contributed by atoms with Crippen molar-refractivity contribution in [3.05, 3.63) is 65.2 Å². The van der Waals surface area contributed by atoms with Crippen LogP contribution in [0.25, 0.3) is 0 Å². The van der Waals surface area contributed by atoms with E-state index in [1.54, 1.807) is 29.7 Å². The molecular formula is C17H19N3O3. The highest BCUT2D eigenvalue weighted by atomic mass is 16.5. The van der Waals surface area contributed by atoms with E-state index < -0.39 is 5.91 Å². The van der Waals surface area contributed by atoms with Crippen molar-refractivity contribution in [3.8, 4) is 0 Å². The summed E-state index contributed by atoms with van der Waals surface area (Å²) in [5.41, 5.74) is 4.77. The average molecular weight is 313 g/mol. The molecule has 2 aromatic carbocycles. The minimum Gasteiger partial charge on any atom is -0.338 e. The molecule has 0 fully saturated rings. The van der Waals surface area contributed by atoms with Crippen LogP contribution >= 0.6 is 0 Å². The van der Waals surface area contributed by atoms with E-state index in [4.69, 9.17) is 5.21 Å². The zero-order chi connectivity index (χ0) is 16.7. The first kappa shape index (κ1) is 16.5. The zero-order valence-corrected chi connectivity index (χ0v) is 12.8. The van der Waals surface area contributed by atoms with E-state index in [2.05, 4.69) is 10.6 Å². The van der Waals surface area contributed by atoms with Crippen LogP contribution in [0.3, 0.4) is 0 Å². The third kappa shape index (κ3) is 5.12. The van der Waals surface area contributed by atoms with E-state index in [0.717, 1.165) is 16.8 Å². The maximum Gasteiger partial charge on any atom is 0.319 e. The van der Waals surface area contributed by atoms with E-state index in [1.807, 2.05) is 31.2 Å². The summed E-state index contributed by atoms with van der Waals surface area (Å²) in [7, 11) is 0. The minimum atomic E-state index is -0.549.